The second-order valence-electron chi connectivity index (χ2n) is 6.73. The van der Waals surface area contributed by atoms with Crippen LogP contribution in [0.5, 0.6) is 0 Å². The Balaban J connectivity index is 1.93. The molecule has 0 aromatic heterocycles. The minimum Gasteiger partial charge on any atom is -0.394 e. The highest BCUT2D eigenvalue weighted by Crippen LogP contribution is 2.32. The Labute approximate surface area is 129 Å². The van der Waals surface area contributed by atoms with Gasteiger partial charge in [0.05, 0.1) is 18.8 Å². The summed E-state index contributed by atoms with van der Waals surface area (Å²) in [5.74, 6) is 0. The predicted molar refractivity (Wildman–Crippen MR) is 83.5 cm³/mol. The van der Waals surface area contributed by atoms with E-state index in [4.69, 9.17) is 9.47 Å². The second kappa shape index (κ2) is 8.44. The van der Waals surface area contributed by atoms with Crippen LogP contribution in [0, 0.1) is 5.41 Å². The lowest BCUT2D eigenvalue weighted by molar-refractivity contribution is -0.109. The first-order chi connectivity index (χ1) is 10.2. The van der Waals surface area contributed by atoms with Crippen molar-refractivity contribution in [2.75, 3.05) is 52.5 Å². The molecule has 5 heteroatoms. The zero-order chi connectivity index (χ0) is 15.1. The molecular formula is C16H32N2O3. The zero-order valence-corrected chi connectivity index (χ0v) is 13.6. The average molecular weight is 300 g/mol. The van der Waals surface area contributed by atoms with Crippen LogP contribution >= 0.6 is 0 Å². The molecule has 0 spiro atoms. The maximum absolute atomic E-state index is 9.39. The number of hydrogen-bond acceptors (Lipinski definition) is 5. The average Bonchev–Trinajstić information content (AvgIpc) is 2.47. The fourth-order valence-electron chi connectivity index (χ4n) is 3.57. The third-order valence-corrected chi connectivity index (χ3v) is 4.64. The first kappa shape index (κ1) is 17.2. The van der Waals surface area contributed by atoms with Crippen LogP contribution in [0.2, 0.25) is 0 Å². The molecule has 0 aromatic carbocycles. The molecule has 2 saturated heterocycles. The normalized spacial score (nSPS) is 30.4. The molecule has 5 nitrogen and oxygen atoms in total. The molecule has 2 rings (SSSR count). The van der Waals surface area contributed by atoms with Crippen LogP contribution in [0.1, 0.15) is 33.1 Å². The zero-order valence-electron chi connectivity index (χ0n) is 13.6. The van der Waals surface area contributed by atoms with Gasteiger partial charge in [-0.2, -0.15) is 0 Å². The largest absolute Gasteiger partial charge is 0.394 e. The predicted octanol–water partition coefficient (Wildman–Crippen LogP) is 0.864. The number of morpholine rings is 1. The van der Waals surface area contributed by atoms with Crippen molar-refractivity contribution in [2.45, 2.75) is 45.3 Å². The molecular weight excluding hydrogens is 268 g/mol. The Morgan fingerprint density at radius 1 is 1.29 bits per heavy atom. The number of nitrogens with zero attached hydrogens (tertiary/aromatic N) is 1. The molecule has 0 saturated carbocycles. The minimum absolute atomic E-state index is 0.0331. The van der Waals surface area contributed by atoms with E-state index < -0.39 is 0 Å². The van der Waals surface area contributed by atoms with Crippen molar-refractivity contribution in [1.82, 2.24) is 10.2 Å². The van der Waals surface area contributed by atoms with Gasteiger partial charge < -0.3 is 19.9 Å². The van der Waals surface area contributed by atoms with E-state index in [0.717, 1.165) is 58.8 Å². The summed E-state index contributed by atoms with van der Waals surface area (Å²) in [6, 6.07) is 0. The van der Waals surface area contributed by atoms with Crippen LogP contribution in [-0.2, 0) is 9.47 Å². The number of nitrogens with one attached hydrogen (secondary N) is 1. The molecule has 2 N–H and O–H groups in total. The van der Waals surface area contributed by atoms with Gasteiger partial charge in [0.2, 0.25) is 0 Å². The molecule has 2 heterocycles. The first-order valence-corrected chi connectivity index (χ1v) is 8.44. The Morgan fingerprint density at radius 2 is 2.05 bits per heavy atom. The van der Waals surface area contributed by atoms with Crippen molar-refractivity contribution in [3.8, 4) is 0 Å². The maximum atomic E-state index is 9.39. The van der Waals surface area contributed by atoms with Gasteiger partial charge in [0.25, 0.3) is 0 Å². The summed E-state index contributed by atoms with van der Waals surface area (Å²) in [7, 11) is 0. The van der Waals surface area contributed by atoms with Crippen molar-refractivity contribution >= 4 is 0 Å². The Hall–Kier alpha value is -0.200. The van der Waals surface area contributed by atoms with Crippen LogP contribution in [0.25, 0.3) is 0 Å². The number of aliphatic hydroxyl groups is 1. The third-order valence-electron chi connectivity index (χ3n) is 4.64. The summed E-state index contributed by atoms with van der Waals surface area (Å²) in [6.07, 6.45) is 3.59. The van der Waals surface area contributed by atoms with E-state index in [-0.39, 0.29) is 18.8 Å². The standard InChI is InChI=1S/C16H32N2O3/c1-3-6-17-12-16(4-7-20-8-5-16)13-18-9-14(2)21-15(10-18)11-19/h14-15,17,19H,3-13H2,1-2H3. The van der Waals surface area contributed by atoms with Crippen molar-refractivity contribution in [3.63, 3.8) is 0 Å². The van der Waals surface area contributed by atoms with E-state index in [9.17, 15) is 5.11 Å². The molecule has 0 amide bonds. The number of rotatable bonds is 7. The summed E-state index contributed by atoms with van der Waals surface area (Å²) in [5.41, 5.74) is 0.310. The smallest absolute Gasteiger partial charge is 0.0936 e. The van der Waals surface area contributed by atoms with Crippen LogP contribution in [0.4, 0.5) is 0 Å². The van der Waals surface area contributed by atoms with Gasteiger partial charge in [0, 0.05) is 39.4 Å². The molecule has 2 fully saturated rings. The summed E-state index contributed by atoms with van der Waals surface area (Å²) < 4.78 is 11.3. The first-order valence-electron chi connectivity index (χ1n) is 8.44. The lowest BCUT2D eigenvalue weighted by Crippen LogP contribution is -2.54. The quantitative estimate of drug-likeness (QED) is 0.683. The van der Waals surface area contributed by atoms with Crippen LogP contribution < -0.4 is 5.32 Å². The van der Waals surface area contributed by atoms with Gasteiger partial charge in [-0.25, -0.2) is 0 Å². The van der Waals surface area contributed by atoms with E-state index in [0.29, 0.717) is 5.41 Å². The van der Waals surface area contributed by atoms with Gasteiger partial charge in [-0.05, 0) is 38.1 Å². The molecule has 124 valence electrons. The van der Waals surface area contributed by atoms with Crippen molar-refractivity contribution < 1.29 is 14.6 Å². The van der Waals surface area contributed by atoms with E-state index in [1.807, 2.05) is 0 Å². The monoisotopic (exact) mass is 300 g/mol. The molecule has 2 aliphatic rings. The highest BCUT2D eigenvalue weighted by atomic mass is 16.5. The lowest BCUT2D eigenvalue weighted by atomic mass is 9.79. The van der Waals surface area contributed by atoms with Gasteiger partial charge in [-0.1, -0.05) is 6.92 Å². The summed E-state index contributed by atoms with van der Waals surface area (Å²) >= 11 is 0. The lowest BCUT2D eigenvalue weighted by Gasteiger charge is -2.44. The molecule has 0 aromatic rings. The summed E-state index contributed by atoms with van der Waals surface area (Å²) in [4.78, 5) is 2.48. The van der Waals surface area contributed by atoms with E-state index in [1.165, 1.54) is 6.42 Å². The molecule has 0 bridgehead atoms. The maximum Gasteiger partial charge on any atom is 0.0936 e. The number of ether oxygens (including phenoxy) is 2. The van der Waals surface area contributed by atoms with Crippen molar-refractivity contribution in [2.24, 2.45) is 5.41 Å². The third kappa shape index (κ3) is 5.18. The van der Waals surface area contributed by atoms with Crippen LogP contribution in [0.15, 0.2) is 0 Å². The fraction of sp³-hybridized carbons (Fsp3) is 1.00. The van der Waals surface area contributed by atoms with Gasteiger partial charge in [-0.15, -0.1) is 0 Å². The number of hydrogen-bond donors (Lipinski definition) is 2. The molecule has 21 heavy (non-hydrogen) atoms. The van der Waals surface area contributed by atoms with E-state index in [1.54, 1.807) is 0 Å². The second-order valence-corrected chi connectivity index (χ2v) is 6.73. The highest BCUT2D eigenvalue weighted by Gasteiger charge is 2.36. The van der Waals surface area contributed by atoms with Gasteiger partial charge in [0.15, 0.2) is 0 Å². The molecule has 2 atom stereocenters. The Kier molecular flexibility index (Phi) is 6.89. The van der Waals surface area contributed by atoms with Crippen LogP contribution in [-0.4, -0.2) is 74.8 Å². The highest BCUT2D eigenvalue weighted by molar-refractivity contribution is 4.89. The SMILES string of the molecule is CCCNCC1(CN2CC(C)OC(CO)C2)CCOCC1. The molecule has 2 aliphatic heterocycles. The minimum atomic E-state index is -0.0331. The Morgan fingerprint density at radius 3 is 2.71 bits per heavy atom. The summed E-state index contributed by atoms with van der Waals surface area (Å²) in [5, 5.41) is 13.0. The van der Waals surface area contributed by atoms with Gasteiger partial charge in [0.1, 0.15) is 0 Å². The van der Waals surface area contributed by atoms with E-state index in [2.05, 4.69) is 24.1 Å². The fourth-order valence-corrected chi connectivity index (χ4v) is 3.57. The summed E-state index contributed by atoms with van der Waals surface area (Å²) in [6.45, 7) is 11.2. The van der Waals surface area contributed by atoms with Crippen molar-refractivity contribution in [3.05, 3.63) is 0 Å². The Bertz CT molecular complexity index is 295. The van der Waals surface area contributed by atoms with Crippen LogP contribution in [0.3, 0.4) is 0 Å². The number of aliphatic hydroxyl groups excluding tert-OH is 1. The van der Waals surface area contributed by atoms with E-state index >= 15 is 0 Å². The van der Waals surface area contributed by atoms with Crippen molar-refractivity contribution in [1.29, 1.82) is 0 Å². The molecule has 0 aliphatic carbocycles. The molecule has 0 radical (unpaired) electrons. The van der Waals surface area contributed by atoms with Gasteiger partial charge >= 0.3 is 0 Å². The topological polar surface area (TPSA) is 54.0 Å². The van der Waals surface area contributed by atoms with Gasteiger partial charge in [-0.3, -0.25) is 4.90 Å². The molecule has 2 unspecified atom stereocenters.